The molecule has 0 spiro atoms. The number of benzene rings is 1. The van der Waals surface area contributed by atoms with Crippen molar-refractivity contribution < 1.29 is 0 Å². The minimum Gasteiger partial charge on any atom is -0.361 e. The van der Waals surface area contributed by atoms with E-state index in [0.717, 1.165) is 27.5 Å². The molecule has 1 atom stereocenters. The van der Waals surface area contributed by atoms with Crippen molar-refractivity contribution in [3.8, 4) is 0 Å². The molecular formula is C13H16BrClN2. The lowest BCUT2D eigenvalue weighted by Crippen LogP contribution is -2.09. The van der Waals surface area contributed by atoms with Gasteiger partial charge in [-0.3, -0.25) is 0 Å². The molecule has 0 aliphatic rings. The van der Waals surface area contributed by atoms with Gasteiger partial charge < -0.3 is 10.7 Å². The van der Waals surface area contributed by atoms with Crippen molar-refractivity contribution >= 4 is 39.2 Å². The normalized spacial score (nSPS) is 12.2. The Morgan fingerprint density at radius 1 is 1.53 bits per heavy atom. The Morgan fingerprint density at radius 3 is 2.88 bits per heavy atom. The molecule has 0 saturated carbocycles. The summed E-state index contributed by atoms with van der Waals surface area (Å²) >= 11 is 3.48. The smallest absolute Gasteiger partial charge is 0.0458 e. The van der Waals surface area contributed by atoms with Gasteiger partial charge in [-0.1, -0.05) is 21.5 Å². The Bertz CT molecular complexity index is 533. The maximum absolute atomic E-state index is 6.16. The lowest BCUT2D eigenvalue weighted by atomic mass is 10.0. The third-order valence-corrected chi connectivity index (χ3v) is 3.14. The molecule has 0 radical (unpaired) electrons. The van der Waals surface area contributed by atoms with Gasteiger partial charge in [0.2, 0.25) is 0 Å². The standard InChI is InChI=1S/C13H15BrN2.ClH/c1-8(2)5-12(15)11-7-16-13-4-3-9(14)6-10(11)13;/h3-4,6-7,12,16H,1,5,15H2,2H3;1H/t12-;/m0./s1. The number of fused-ring (bicyclic) bond motifs is 1. The Kier molecular flexibility index (Phi) is 4.80. The van der Waals surface area contributed by atoms with Crippen molar-refractivity contribution in [3.63, 3.8) is 0 Å². The summed E-state index contributed by atoms with van der Waals surface area (Å²) in [5, 5.41) is 1.18. The SMILES string of the molecule is C=C(C)C[C@H](N)c1c[nH]c2ccc(Br)cc12.Cl. The molecule has 0 bridgehead atoms. The Labute approximate surface area is 116 Å². The van der Waals surface area contributed by atoms with Crippen LogP contribution in [0.3, 0.4) is 0 Å². The Hall–Kier alpha value is -0.770. The molecule has 1 heterocycles. The van der Waals surface area contributed by atoms with Crippen molar-refractivity contribution in [2.24, 2.45) is 5.73 Å². The second-order valence-electron chi connectivity index (χ2n) is 4.20. The van der Waals surface area contributed by atoms with Gasteiger partial charge in [-0.2, -0.15) is 0 Å². The zero-order valence-corrected chi connectivity index (χ0v) is 12.1. The summed E-state index contributed by atoms with van der Waals surface area (Å²) < 4.78 is 1.07. The van der Waals surface area contributed by atoms with Gasteiger partial charge in [0.15, 0.2) is 0 Å². The monoisotopic (exact) mass is 314 g/mol. The van der Waals surface area contributed by atoms with Gasteiger partial charge in [0.1, 0.15) is 0 Å². The fraction of sp³-hybridized carbons (Fsp3) is 0.231. The van der Waals surface area contributed by atoms with Gasteiger partial charge in [-0.15, -0.1) is 19.0 Å². The van der Waals surface area contributed by atoms with Crippen molar-refractivity contribution in [2.45, 2.75) is 19.4 Å². The van der Waals surface area contributed by atoms with E-state index < -0.39 is 0 Å². The number of nitrogens with two attached hydrogens (primary N) is 1. The fourth-order valence-electron chi connectivity index (χ4n) is 1.91. The molecule has 0 aliphatic heterocycles. The van der Waals surface area contributed by atoms with E-state index in [1.807, 2.05) is 19.2 Å². The molecular weight excluding hydrogens is 300 g/mol. The molecule has 2 aromatic rings. The van der Waals surface area contributed by atoms with Gasteiger partial charge in [-0.05, 0) is 37.1 Å². The first-order valence-electron chi connectivity index (χ1n) is 5.24. The van der Waals surface area contributed by atoms with Crippen molar-refractivity contribution in [3.05, 3.63) is 46.6 Å². The zero-order valence-electron chi connectivity index (χ0n) is 9.66. The third kappa shape index (κ3) is 3.12. The van der Waals surface area contributed by atoms with E-state index >= 15 is 0 Å². The fourth-order valence-corrected chi connectivity index (χ4v) is 2.27. The molecule has 0 unspecified atom stereocenters. The molecule has 0 aliphatic carbocycles. The highest BCUT2D eigenvalue weighted by atomic mass is 79.9. The van der Waals surface area contributed by atoms with E-state index in [2.05, 4.69) is 39.6 Å². The average molecular weight is 316 g/mol. The first-order valence-corrected chi connectivity index (χ1v) is 6.03. The van der Waals surface area contributed by atoms with Crippen LogP contribution in [0.15, 0.2) is 41.0 Å². The maximum atomic E-state index is 6.16. The predicted octanol–water partition coefficient (Wildman–Crippen LogP) is 4.32. The van der Waals surface area contributed by atoms with Crippen molar-refractivity contribution in [1.82, 2.24) is 4.98 Å². The van der Waals surface area contributed by atoms with Gasteiger partial charge in [-0.25, -0.2) is 0 Å². The van der Waals surface area contributed by atoms with E-state index in [0.29, 0.717) is 0 Å². The van der Waals surface area contributed by atoms with Crippen LogP contribution in [0.4, 0.5) is 0 Å². The molecule has 3 N–H and O–H groups in total. The predicted molar refractivity (Wildman–Crippen MR) is 79.6 cm³/mol. The molecule has 0 saturated heterocycles. The van der Waals surface area contributed by atoms with Gasteiger partial charge in [0.25, 0.3) is 0 Å². The highest BCUT2D eigenvalue weighted by Crippen LogP contribution is 2.28. The molecule has 1 aromatic carbocycles. The van der Waals surface area contributed by atoms with Crippen LogP contribution in [0.5, 0.6) is 0 Å². The highest BCUT2D eigenvalue weighted by Gasteiger charge is 2.11. The zero-order chi connectivity index (χ0) is 11.7. The lowest BCUT2D eigenvalue weighted by Gasteiger charge is -2.10. The van der Waals surface area contributed by atoms with Crippen LogP contribution in [0, 0.1) is 0 Å². The lowest BCUT2D eigenvalue weighted by molar-refractivity contribution is 0.723. The highest BCUT2D eigenvalue weighted by molar-refractivity contribution is 9.10. The van der Waals surface area contributed by atoms with Crippen LogP contribution < -0.4 is 5.73 Å². The van der Waals surface area contributed by atoms with E-state index in [1.54, 1.807) is 0 Å². The maximum Gasteiger partial charge on any atom is 0.0458 e. The first kappa shape index (κ1) is 14.3. The largest absolute Gasteiger partial charge is 0.361 e. The number of hydrogen-bond acceptors (Lipinski definition) is 1. The van der Waals surface area contributed by atoms with E-state index in [4.69, 9.17) is 5.73 Å². The van der Waals surface area contributed by atoms with E-state index in [-0.39, 0.29) is 18.4 Å². The first-order chi connectivity index (χ1) is 7.58. The Morgan fingerprint density at radius 2 is 2.24 bits per heavy atom. The molecule has 2 nitrogen and oxygen atoms in total. The second kappa shape index (κ2) is 5.71. The summed E-state index contributed by atoms with van der Waals surface area (Å²) in [5.41, 5.74) is 9.54. The molecule has 4 heteroatoms. The van der Waals surface area contributed by atoms with Gasteiger partial charge in [0, 0.05) is 27.6 Å². The van der Waals surface area contributed by atoms with E-state index in [9.17, 15) is 0 Å². The van der Waals surface area contributed by atoms with Crippen LogP contribution in [0.2, 0.25) is 0 Å². The van der Waals surface area contributed by atoms with Crippen LogP contribution in [0.25, 0.3) is 10.9 Å². The minimum absolute atomic E-state index is 0. The summed E-state index contributed by atoms with van der Waals surface area (Å²) in [4.78, 5) is 3.24. The quantitative estimate of drug-likeness (QED) is 0.814. The Balaban J connectivity index is 0.00000144. The number of aromatic nitrogens is 1. The van der Waals surface area contributed by atoms with Crippen LogP contribution in [0.1, 0.15) is 24.9 Å². The molecule has 2 rings (SSSR count). The number of rotatable bonds is 3. The number of aromatic amines is 1. The molecule has 17 heavy (non-hydrogen) atoms. The van der Waals surface area contributed by atoms with Crippen molar-refractivity contribution in [1.29, 1.82) is 0 Å². The summed E-state index contributed by atoms with van der Waals surface area (Å²) in [6.45, 7) is 5.91. The third-order valence-electron chi connectivity index (χ3n) is 2.64. The van der Waals surface area contributed by atoms with Gasteiger partial charge >= 0.3 is 0 Å². The molecule has 0 amide bonds. The van der Waals surface area contributed by atoms with Crippen LogP contribution in [-0.2, 0) is 0 Å². The van der Waals surface area contributed by atoms with Crippen LogP contribution >= 0.6 is 28.3 Å². The summed E-state index contributed by atoms with van der Waals surface area (Å²) in [7, 11) is 0. The van der Waals surface area contributed by atoms with Crippen molar-refractivity contribution in [2.75, 3.05) is 0 Å². The second-order valence-corrected chi connectivity index (χ2v) is 5.12. The van der Waals surface area contributed by atoms with Crippen LogP contribution in [-0.4, -0.2) is 4.98 Å². The molecule has 92 valence electrons. The number of H-pyrrole nitrogens is 1. The van der Waals surface area contributed by atoms with Gasteiger partial charge in [0.05, 0.1) is 0 Å². The number of hydrogen-bond donors (Lipinski definition) is 2. The summed E-state index contributed by atoms with van der Waals surface area (Å²) in [6, 6.07) is 6.18. The molecule has 0 fully saturated rings. The summed E-state index contributed by atoms with van der Waals surface area (Å²) in [5.74, 6) is 0. The minimum atomic E-state index is 0. The average Bonchev–Trinajstić information content (AvgIpc) is 2.59. The number of halogens is 2. The topological polar surface area (TPSA) is 41.8 Å². The summed E-state index contributed by atoms with van der Waals surface area (Å²) in [6.07, 6.45) is 2.81. The van der Waals surface area contributed by atoms with E-state index in [1.165, 1.54) is 5.39 Å². The number of nitrogens with one attached hydrogen (secondary N) is 1. The molecule has 1 aromatic heterocycles.